The van der Waals surface area contributed by atoms with Crippen LogP contribution in [-0.4, -0.2) is 210 Å². The summed E-state index contributed by atoms with van der Waals surface area (Å²) in [6, 6.07) is 21.7. The maximum atomic E-state index is 15.0. The average Bonchev–Trinajstić information content (AvgIpc) is 1.73. The number of likely N-dealkylation sites (tertiary alicyclic amines) is 2. The number of phenolic OH excluding ortho intramolecular Hbond substituents is 2. The Morgan fingerprint density at radius 3 is 1.38 bits per heavy atom. The first-order valence-electron chi connectivity index (χ1n) is 38.5. The zero-order chi connectivity index (χ0) is 83.4. The Bertz CT molecular complexity index is 4330. The van der Waals surface area contributed by atoms with Crippen LogP contribution in [0.4, 0.5) is 0 Å². The zero-order valence-electron chi connectivity index (χ0n) is 64.9. The number of nitrogens with two attached hydrogens (primary N) is 2. The number of nitrogens with zero attached hydrogens (tertiary/aromatic N) is 3. The topological polar surface area (TPSA) is 507 Å². The van der Waals surface area contributed by atoms with Gasteiger partial charge in [0, 0.05) is 51.4 Å². The summed E-state index contributed by atoms with van der Waals surface area (Å²) in [5, 5.41) is 56.8. The number of primary amides is 1. The maximum absolute atomic E-state index is 15.0. The van der Waals surface area contributed by atoms with Gasteiger partial charge in [0.25, 0.3) is 0 Å². The molecule has 0 bridgehead atoms. The van der Waals surface area contributed by atoms with Gasteiger partial charge in [0.05, 0.1) is 31.0 Å². The van der Waals surface area contributed by atoms with E-state index in [0.29, 0.717) is 40.8 Å². The highest BCUT2D eigenvalue weighted by Gasteiger charge is 2.44. The fraction of sp³-hybridized carbons (Fsp3) is 0.427. The Morgan fingerprint density at radius 1 is 0.478 bits per heavy atom. The minimum absolute atomic E-state index is 0.0178. The second-order valence-electron chi connectivity index (χ2n) is 29.5. The predicted molar refractivity (Wildman–Crippen MR) is 420 cm³/mol. The van der Waals surface area contributed by atoms with E-state index in [2.05, 4.69) is 63.1 Å². The van der Waals surface area contributed by atoms with Crippen LogP contribution in [0.5, 0.6) is 11.5 Å². The molecule has 13 amide bonds. The maximum Gasteiger partial charge on any atom is 0.326 e. The first-order chi connectivity index (χ1) is 54.9. The molecule has 18 N–H and O–H groups in total. The molecule has 1 aromatic heterocycles. The molecule has 2 aliphatic rings. The lowest BCUT2D eigenvalue weighted by molar-refractivity contribution is -0.144. The van der Waals surface area contributed by atoms with Crippen molar-refractivity contribution in [3.8, 4) is 11.5 Å². The number of carboxylic acids is 1. The van der Waals surface area contributed by atoms with Crippen LogP contribution in [-0.2, 0) is 106 Å². The van der Waals surface area contributed by atoms with E-state index in [4.69, 9.17) is 11.5 Å². The number of benzene rings is 5. The average molecular weight is 1590 g/mol. The Balaban J connectivity index is 0.911. The lowest BCUT2D eigenvalue weighted by atomic mass is 9.96. The van der Waals surface area contributed by atoms with E-state index < -0.39 is 174 Å². The summed E-state index contributed by atoms with van der Waals surface area (Å²) in [7, 11) is 0. The molecule has 614 valence electrons. The Kier molecular flexibility index (Phi) is 32.8. The fourth-order valence-corrected chi connectivity index (χ4v) is 13.6. The first-order valence-corrected chi connectivity index (χ1v) is 38.5. The summed E-state index contributed by atoms with van der Waals surface area (Å²) in [6.07, 6.45) is 2.57. The van der Waals surface area contributed by atoms with Crippen LogP contribution in [0.1, 0.15) is 113 Å². The van der Waals surface area contributed by atoms with Crippen LogP contribution in [0.2, 0.25) is 0 Å². The van der Waals surface area contributed by atoms with Gasteiger partial charge in [-0.1, -0.05) is 149 Å². The molecular formula is C82H104N16O17. The van der Waals surface area contributed by atoms with Crippen molar-refractivity contribution in [2.75, 3.05) is 19.6 Å². The van der Waals surface area contributed by atoms with Crippen molar-refractivity contribution in [1.82, 2.24) is 72.9 Å². The van der Waals surface area contributed by atoms with E-state index in [0.717, 1.165) is 5.56 Å². The van der Waals surface area contributed by atoms with Gasteiger partial charge < -0.3 is 94.7 Å². The van der Waals surface area contributed by atoms with E-state index >= 15 is 0 Å². The molecular weight excluding hydrogens is 1480 g/mol. The van der Waals surface area contributed by atoms with Crippen molar-refractivity contribution in [2.24, 2.45) is 23.3 Å². The number of aromatic amines is 1. The summed E-state index contributed by atoms with van der Waals surface area (Å²) >= 11 is 0. The lowest BCUT2D eigenvalue weighted by Gasteiger charge is -2.33. The third-order valence-corrected chi connectivity index (χ3v) is 20.1. The van der Waals surface area contributed by atoms with Crippen LogP contribution in [0.25, 0.3) is 0 Å². The standard InChI is InChI=1S/C82H104N16O17/c1-6-48(4)70(96-77(109)63(43-68(84)101)93-79(111)67-25-17-34-97(67)80(112)64(42-55-44-85-46-87-55)94-75(107)60(39-53-26-30-56(99)31-27-53)90-71(103)49(5)88-72(104)58(83)37-50-18-10-7-11-19-50)81(113)98-35-16-24-66(98)78(110)86-45-69(102)89-59(36-47(2)3)73(105)91-61(38-51-20-12-8-13-21-51)74(106)92-62(40-54-28-32-57(100)33-29-54)76(108)95-65(82(114)115)41-52-22-14-9-15-23-52/h7-15,18-23,26-33,44,46-49,58-67,70,99-100H,6,16-17,24-25,34-43,45,83H2,1-5H3,(H2,84,101)(H,85,87)(H,86,110)(H,88,104)(H,89,102)(H,90,103)(H,91,105)(H,92,106)(H,93,111)(H,94,107)(H,95,108)(H,96,109)(H,114,115)/t48-,49-,58-,59-,60-,61-,62-,63-,64-,65-,66-,67-,70-/m0/s1. The van der Waals surface area contributed by atoms with Gasteiger partial charge in [-0.05, 0) is 109 Å². The van der Waals surface area contributed by atoms with E-state index in [9.17, 15) is 82.4 Å². The van der Waals surface area contributed by atoms with E-state index in [-0.39, 0.29) is 94.7 Å². The molecule has 0 aliphatic carbocycles. The highest BCUT2D eigenvalue weighted by molar-refractivity contribution is 6.01. The molecule has 6 aromatic rings. The summed E-state index contributed by atoms with van der Waals surface area (Å²) in [4.78, 5) is 207. The van der Waals surface area contributed by atoms with Gasteiger partial charge in [-0.3, -0.25) is 62.3 Å². The van der Waals surface area contributed by atoms with Gasteiger partial charge in [0.2, 0.25) is 76.8 Å². The van der Waals surface area contributed by atoms with Gasteiger partial charge in [-0.15, -0.1) is 0 Å². The van der Waals surface area contributed by atoms with Gasteiger partial charge in [-0.25, -0.2) is 9.78 Å². The van der Waals surface area contributed by atoms with E-state index in [1.807, 2.05) is 6.07 Å². The largest absolute Gasteiger partial charge is 0.508 e. The molecule has 13 atom stereocenters. The molecule has 5 aromatic carbocycles. The number of carboxylic acid groups (broad SMARTS) is 1. The fourth-order valence-electron chi connectivity index (χ4n) is 13.6. The van der Waals surface area contributed by atoms with E-state index in [1.54, 1.807) is 113 Å². The monoisotopic (exact) mass is 1580 g/mol. The molecule has 2 aliphatic heterocycles. The number of aliphatic carboxylic acids is 1. The molecule has 2 fully saturated rings. The number of rotatable bonds is 41. The van der Waals surface area contributed by atoms with Crippen LogP contribution >= 0.6 is 0 Å². The van der Waals surface area contributed by atoms with Gasteiger partial charge in [0.15, 0.2) is 0 Å². The molecule has 115 heavy (non-hydrogen) atoms. The first kappa shape index (κ1) is 88.0. The van der Waals surface area contributed by atoms with Gasteiger partial charge >= 0.3 is 5.97 Å². The van der Waals surface area contributed by atoms with Crippen molar-refractivity contribution < 1.29 is 82.4 Å². The quantitative estimate of drug-likeness (QED) is 0.0248. The summed E-state index contributed by atoms with van der Waals surface area (Å²) in [5.41, 5.74) is 15.2. The highest BCUT2D eigenvalue weighted by Crippen LogP contribution is 2.25. The van der Waals surface area contributed by atoms with Crippen LogP contribution in [0.3, 0.4) is 0 Å². The van der Waals surface area contributed by atoms with Crippen molar-refractivity contribution in [2.45, 2.75) is 191 Å². The molecule has 0 unspecified atom stereocenters. The second-order valence-corrected chi connectivity index (χ2v) is 29.5. The molecule has 33 nitrogen and oxygen atoms in total. The number of carbonyl (C=O) groups is 14. The number of H-pyrrole nitrogens is 1. The Morgan fingerprint density at radius 2 is 0.913 bits per heavy atom. The lowest BCUT2D eigenvalue weighted by Crippen LogP contribution is -2.61. The van der Waals surface area contributed by atoms with Crippen molar-refractivity contribution in [3.63, 3.8) is 0 Å². The van der Waals surface area contributed by atoms with Crippen LogP contribution < -0.4 is 64.6 Å². The number of imidazole rings is 1. The van der Waals surface area contributed by atoms with Gasteiger partial charge in [0.1, 0.15) is 78.0 Å². The summed E-state index contributed by atoms with van der Waals surface area (Å²) < 4.78 is 0. The third kappa shape index (κ3) is 26.8. The minimum Gasteiger partial charge on any atom is -0.508 e. The SMILES string of the molecule is CC[C@H](C)[C@H](NC(=O)[C@H](CC(N)=O)NC(=O)[C@@H]1CCCN1C(=O)[C@H](Cc1c[nH]cn1)NC(=O)[C@H](Cc1ccc(O)cc1)NC(=O)[C@H](C)NC(=O)[C@@H](N)Cc1ccccc1)C(=O)N1CCC[C@H]1C(=O)NCC(=O)N[C@@H](CC(C)C)C(=O)N[C@@H](Cc1ccccc1)C(=O)N[C@@H](Cc1ccc(O)cc1)C(=O)N[C@@H](Cc1ccccc1)C(=O)O. The van der Waals surface area contributed by atoms with Crippen molar-refractivity contribution >= 4 is 82.8 Å². The number of aromatic hydroxyl groups is 2. The van der Waals surface area contributed by atoms with Crippen LogP contribution in [0.15, 0.2) is 152 Å². The molecule has 2 saturated heterocycles. The Hall–Kier alpha value is -12.6. The van der Waals surface area contributed by atoms with Crippen molar-refractivity contribution in [3.05, 3.63) is 186 Å². The number of carbonyl (C=O) groups excluding carboxylic acids is 13. The summed E-state index contributed by atoms with van der Waals surface area (Å²) in [6.45, 7) is 7.72. The third-order valence-electron chi connectivity index (χ3n) is 20.1. The molecule has 33 heteroatoms. The number of amides is 13. The molecule has 0 radical (unpaired) electrons. The number of nitrogens with one attached hydrogen (secondary N) is 11. The van der Waals surface area contributed by atoms with E-state index in [1.165, 1.54) is 77.8 Å². The minimum atomic E-state index is -1.72. The Labute approximate surface area is 665 Å². The highest BCUT2D eigenvalue weighted by atomic mass is 16.4. The molecule has 0 saturated carbocycles. The normalized spacial score (nSPS) is 16.7. The molecule has 3 heterocycles. The number of aromatic nitrogens is 2. The zero-order valence-corrected chi connectivity index (χ0v) is 64.9. The summed E-state index contributed by atoms with van der Waals surface area (Å²) in [5.74, 6) is -13.1. The number of hydrogen-bond acceptors (Lipinski definition) is 18. The number of hydrogen-bond donors (Lipinski definition) is 16. The molecule has 0 spiro atoms. The van der Waals surface area contributed by atoms with Crippen LogP contribution in [0, 0.1) is 11.8 Å². The predicted octanol–water partition coefficient (Wildman–Crippen LogP) is 0.438. The smallest absolute Gasteiger partial charge is 0.326 e. The number of phenols is 2. The molecule has 8 rings (SSSR count). The van der Waals surface area contributed by atoms with Gasteiger partial charge in [-0.2, -0.15) is 0 Å². The van der Waals surface area contributed by atoms with Crippen molar-refractivity contribution in [1.29, 1.82) is 0 Å². The second kappa shape index (κ2) is 42.9.